The van der Waals surface area contributed by atoms with Crippen LogP contribution in [0.25, 0.3) is 0 Å². The maximum absolute atomic E-state index is 12.1. The number of nitrogens with one attached hydrogen (secondary N) is 3. The average Bonchev–Trinajstić information content (AvgIpc) is 2.68. The van der Waals surface area contributed by atoms with Crippen LogP contribution in [0.4, 0.5) is 11.4 Å². The SMILES string of the molecule is C=C(CC(=O)Nc1ccc(N(C)C)cc1)NNC(=O)COc1cc(C)c(Br)cc1Br. The number of hydrazine groups is 1. The van der Waals surface area contributed by atoms with Gasteiger partial charge in [-0.1, -0.05) is 22.5 Å². The molecule has 0 aromatic heterocycles. The predicted octanol–water partition coefficient (Wildman–Crippen LogP) is 4.13. The molecule has 2 aromatic carbocycles. The van der Waals surface area contributed by atoms with Gasteiger partial charge in [-0.3, -0.25) is 15.0 Å². The second-order valence-electron chi connectivity index (χ2n) is 6.76. The first kappa shape index (κ1) is 23.8. The van der Waals surface area contributed by atoms with Crippen molar-refractivity contribution >= 4 is 55.0 Å². The molecule has 30 heavy (non-hydrogen) atoms. The van der Waals surface area contributed by atoms with Crippen molar-refractivity contribution in [2.75, 3.05) is 30.9 Å². The van der Waals surface area contributed by atoms with Crippen molar-refractivity contribution in [1.82, 2.24) is 10.9 Å². The maximum Gasteiger partial charge on any atom is 0.276 e. The molecule has 2 aromatic rings. The van der Waals surface area contributed by atoms with Crippen molar-refractivity contribution in [2.24, 2.45) is 0 Å². The number of carbonyl (C=O) groups is 2. The molecular formula is C21H24Br2N4O3. The summed E-state index contributed by atoms with van der Waals surface area (Å²) >= 11 is 6.83. The summed E-state index contributed by atoms with van der Waals surface area (Å²) in [6.07, 6.45) is 0.00796. The predicted molar refractivity (Wildman–Crippen MR) is 127 cm³/mol. The van der Waals surface area contributed by atoms with Crippen LogP contribution in [0.5, 0.6) is 5.75 Å². The highest BCUT2D eigenvalue weighted by molar-refractivity contribution is 9.11. The van der Waals surface area contributed by atoms with E-state index in [1.165, 1.54) is 0 Å². The second-order valence-corrected chi connectivity index (χ2v) is 8.47. The van der Waals surface area contributed by atoms with Crippen LogP contribution in [0.15, 0.2) is 57.6 Å². The van der Waals surface area contributed by atoms with Crippen LogP contribution in [0, 0.1) is 6.92 Å². The number of carbonyl (C=O) groups excluding carboxylic acids is 2. The highest BCUT2D eigenvalue weighted by Gasteiger charge is 2.10. The lowest BCUT2D eigenvalue weighted by atomic mass is 10.2. The Morgan fingerprint density at radius 2 is 1.70 bits per heavy atom. The minimum Gasteiger partial charge on any atom is -0.483 e. The second kappa shape index (κ2) is 11.0. The number of benzene rings is 2. The summed E-state index contributed by atoms with van der Waals surface area (Å²) in [5.41, 5.74) is 8.16. The largest absolute Gasteiger partial charge is 0.483 e. The molecule has 0 radical (unpaired) electrons. The summed E-state index contributed by atoms with van der Waals surface area (Å²) in [5, 5.41) is 2.78. The fraction of sp³-hybridized carbons (Fsp3) is 0.238. The van der Waals surface area contributed by atoms with E-state index in [1.54, 1.807) is 0 Å². The average molecular weight is 540 g/mol. The summed E-state index contributed by atoms with van der Waals surface area (Å²) < 4.78 is 7.20. The molecule has 9 heteroatoms. The lowest BCUT2D eigenvalue weighted by molar-refractivity contribution is -0.124. The number of anilines is 2. The summed E-state index contributed by atoms with van der Waals surface area (Å²) in [5.74, 6) is -0.0856. The van der Waals surface area contributed by atoms with E-state index >= 15 is 0 Å². The molecule has 0 bridgehead atoms. The number of halogens is 2. The van der Waals surface area contributed by atoms with Crippen LogP contribution < -0.4 is 25.8 Å². The third-order valence-electron chi connectivity index (χ3n) is 3.99. The highest BCUT2D eigenvalue weighted by atomic mass is 79.9. The number of hydrogen-bond donors (Lipinski definition) is 3. The first-order valence-corrected chi connectivity index (χ1v) is 10.6. The fourth-order valence-electron chi connectivity index (χ4n) is 2.36. The number of ether oxygens (including phenoxy) is 1. The standard InChI is InChI=1S/C21H24Br2N4O3/c1-13-9-19(18(23)11-17(13)22)30-12-21(29)26-25-14(2)10-20(28)24-15-5-7-16(8-6-15)27(3)4/h5-9,11,25H,2,10,12H2,1,3-4H3,(H,24,28)(H,26,29). The van der Waals surface area contributed by atoms with E-state index < -0.39 is 5.91 Å². The Bertz CT molecular complexity index is 931. The van der Waals surface area contributed by atoms with E-state index in [2.05, 4.69) is 54.6 Å². The molecular weight excluding hydrogens is 516 g/mol. The summed E-state index contributed by atoms with van der Waals surface area (Å²) in [6, 6.07) is 11.1. The molecule has 0 aliphatic carbocycles. The molecule has 7 nitrogen and oxygen atoms in total. The molecule has 0 aliphatic rings. The van der Waals surface area contributed by atoms with Crippen molar-refractivity contribution in [3.63, 3.8) is 0 Å². The molecule has 0 atom stereocenters. The summed E-state index contributed by atoms with van der Waals surface area (Å²) in [7, 11) is 3.89. The zero-order valence-electron chi connectivity index (χ0n) is 17.0. The molecule has 3 N–H and O–H groups in total. The van der Waals surface area contributed by atoms with Gasteiger partial charge < -0.3 is 20.4 Å². The van der Waals surface area contributed by atoms with Gasteiger partial charge in [0.15, 0.2) is 6.61 Å². The Labute approximate surface area is 193 Å². The van der Waals surface area contributed by atoms with Gasteiger partial charge in [-0.2, -0.15) is 0 Å². The van der Waals surface area contributed by atoms with E-state index in [-0.39, 0.29) is 18.9 Å². The number of hydrogen-bond acceptors (Lipinski definition) is 5. The van der Waals surface area contributed by atoms with E-state index in [0.29, 0.717) is 17.1 Å². The molecule has 0 fully saturated rings. The van der Waals surface area contributed by atoms with E-state index in [4.69, 9.17) is 4.74 Å². The smallest absolute Gasteiger partial charge is 0.276 e. The Balaban J connectivity index is 1.73. The Morgan fingerprint density at radius 1 is 1.03 bits per heavy atom. The zero-order valence-corrected chi connectivity index (χ0v) is 20.2. The summed E-state index contributed by atoms with van der Waals surface area (Å²) in [6.45, 7) is 5.49. The van der Waals surface area contributed by atoms with Crippen LogP contribution in [0.1, 0.15) is 12.0 Å². The van der Waals surface area contributed by atoms with Gasteiger partial charge in [0.05, 0.1) is 10.9 Å². The van der Waals surface area contributed by atoms with Crippen LogP contribution in [-0.2, 0) is 9.59 Å². The van der Waals surface area contributed by atoms with E-state index in [9.17, 15) is 9.59 Å². The molecule has 0 spiro atoms. The van der Waals surface area contributed by atoms with Crippen molar-refractivity contribution in [3.8, 4) is 5.75 Å². The van der Waals surface area contributed by atoms with Crippen molar-refractivity contribution in [2.45, 2.75) is 13.3 Å². The van der Waals surface area contributed by atoms with Gasteiger partial charge in [0.1, 0.15) is 5.75 Å². The normalized spacial score (nSPS) is 10.2. The highest BCUT2D eigenvalue weighted by Crippen LogP contribution is 2.31. The van der Waals surface area contributed by atoms with E-state index in [1.807, 2.05) is 62.3 Å². The van der Waals surface area contributed by atoms with Crippen LogP contribution >= 0.6 is 31.9 Å². The molecule has 0 saturated carbocycles. The molecule has 2 rings (SSSR count). The molecule has 0 aliphatic heterocycles. The van der Waals surface area contributed by atoms with Crippen LogP contribution in [0.2, 0.25) is 0 Å². The van der Waals surface area contributed by atoms with Gasteiger partial charge in [-0.15, -0.1) is 0 Å². The third-order valence-corrected chi connectivity index (χ3v) is 5.47. The van der Waals surface area contributed by atoms with Gasteiger partial charge in [-0.05, 0) is 64.8 Å². The first-order valence-electron chi connectivity index (χ1n) is 9.04. The number of rotatable bonds is 9. The maximum atomic E-state index is 12.1. The fourth-order valence-corrected chi connectivity index (χ4v) is 3.47. The topological polar surface area (TPSA) is 82.7 Å². The molecule has 160 valence electrons. The number of amides is 2. The monoisotopic (exact) mass is 538 g/mol. The molecule has 2 amide bonds. The van der Waals surface area contributed by atoms with Crippen molar-refractivity contribution in [3.05, 3.63) is 63.2 Å². The van der Waals surface area contributed by atoms with Gasteiger partial charge in [0, 0.05) is 35.6 Å². The Kier molecular flexibility index (Phi) is 8.73. The Hall–Kier alpha value is -2.52. The van der Waals surface area contributed by atoms with Crippen LogP contribution in [-0.4, -0.2) is 32.5 Å². The van der Waals surface area contributed by atoms with Crippen molar-refractivity contribution in [1.29, 1.82) is 0 Å². The van der Waals surface area contributed by atoms with Gasteiger partial charge in [-0.25, -0.2) is 0 Å². The van der Waals surface area contributed by atoms with E-state index in [0.717, 1.165) is 20.2 Å². The third kappa shape index (κ3) is 7.38. The lowest BCUT2D eigenvalue weighted by Crippen LogP contribution is -2.40. The van der Waals surface area contributed by atoms with Crippen molar-refractivity contribution < 1.29 is 14.3 Å². The molecule has 0 unspecified atom stereocenters. The number of aryl methyl sites for hydroxylation is 1. The summed E-state index contributed by atoms with van der Waals surface area (Å²) in [4.78, 5) is 26.1. The minimum atomic E-state index is -0.400. The van der Waals surface area contributed by atoms with Gasteiger partial charge in [0.25, 0.3) is 5.91 Å². The zero-order chi connectivity index (χ0) is 22.3. The molecule has 0 saturated heterocycles. The number of nitrogens with zero attached hydrogens (tertiary/aromatic N) is 1. The van der Waals surface area contributed by atoms with Gasteiger partial charge in [0.2, 0.25) is 5.91 Å². The lowest BCUT2D eigenvalue weighted by Gasteiger charge is -2.14. The van der Waals surface area contributed by atoms with Gasteiger partial charge >= 0.3 is 0 Å². The van der Waals surface area contributed by atoms with Crippen LogP contribution in [0.3, 0.4) is 0 Å². The first-order chi connectivity index (χ1) is 14.2. The quantitative estimate of drug-likeness (QED) is 0.417. The molecule has 0 heterocycles. The minimum absolute atomic E-state index is 0.00796. The Morgan fingerprint density at radius 3 is 2.33 bits per heavy atom.